The summed E-state index contributed by atoms with van der Waals surface area (Å²) in [6.07, 6.45) is 0. The molecule has 0 bridgehead atoms. The third kappa shape index (κ3) is 4.40. The predicted molar refractivity (Wildman–Crippen MR) is 234 cm³/mol. The van der Waals surface area contributed by atoms with Crippen molar-refractivity contribution in [3.05, 3.63) is 211 Å². The summed E-state index contributed by atoms with van der Waals surface area (Å²) >= 11 is 0. The molecule has 0 saturated heterocycles. The standard InChI is InChI=1S/C53H31N5O/c1-3-15-32(16-4-1)49-55-50(33-17-5-2-6-18-33)57-51(56-49)38-22-14-28-46-47(38)39-31-34(29-30-45(39)59-46)35-21-13-26-43-48(35)58-44-27-12-11-25-42(44)53(52(58)54-43)40-23-9-7-19-36(40)37-20-8-10-24-41(37)53/h1-31H. The zero-order chi connectivity index (χ0) is 38.7. The molecule has 0 radical (unpaired) electrons. The van der Waals surface area contributed by atoms with Gasteiger partial charge in [0.05, 0.1) is 16.7 Å². The number of hydrogen-bond donors (Lipinski definition) is 0. The van der Waals surface area contributed by atoms with Crippen molar-refractivity contribution in [2.24, 2.45) is 0 Å². The van der Waals surface area contributed by atoms with Crippen molar-refractivity contribution >= 4 is 33.0 Å². The summed E-state index contributed by atoms with van der Waals surface area (Å²) in [4.78, 5) is 20.7. The van der Waals surface area contributed by atoms with Gasteiger partial charge in [-0.1, -0.05) is 158 Å². The Kier molecular flexibility index (Phi) is 6.55. The van der Waals surface area contributed by atoms with Crippen LogP contribution in [0.5, 0.6) is 0 Å². The molecule has 6 heteroatoms. The molecule has 11 aromatic rings. The van der Waals surface area contributed by atoms with Crippen LogP contribution in [-0.2, 0) is 5.41 Å². The zero-order valence-corrected chi connectivity index (χ0v) is 31.5. The van der Waals surface area contributed by atoms with Crippen LogP contribution in [-0.4, -0.2) is 24.5 Å². The van der Waals surface area contributed by atoms with E-state index in [-0.39, 0.29) is 0 Å². The first-order chi connectivity index (χ1) is 29.3. The highest BCUT2D eigenvalue weighted by Gasteiger charge is 2.54. The lowest BCUT2D eigenvalue weighted by molar-refractivity contribution is 0.669. The van der Waals surface area contributed by atoms with E-state index >= 15 is 0 Å². The molecule has 0 atom stereocenters. The maximum Gasteiger partial charge on any atom is 0.164 e. The molecule has 0 fully saturated rings. The highest BCUT2D eigenvalue weighted by molar-refractivity contribution is 6.13. The van der Waals surface area contributed by atoms with Gasteiger partial charge in [0.25, 0.3) is 0 Å². The zero-order valence-electron chi connectivity index (χ0n) is 31.5. The monoisotopic (exact) mass is 753 g/mol. The van der Waals surface area contributed by atoms with Crippen molar-refractivity contribution < 1.29 is 4.42 Å². The average molecular weight is 754 g/mol. The number of benzene rings is 8. The van der Waals surface area contributed by atoms with Crippen LogP contribution >= 0.6 is 0 Å². The summed E-state index contributed by atoms with van der Waals surface area (Å²) in [5.74, 6) is 2.85. The third-order valence-electron chi connectivity index (χ3n) is 12.3. The molecule has 3 aromatic heterocycles. The van der Waals surface area contributed by atoms with Crippen LogP contribution in [0.4, 0.5) is 0 Å². The van der Waals surface area contributed by atoms with Crippen molar-refractivity contribution in [3.8, 4) is 62.1 Å². The Hall–Kier alpha value is -7.96. The molecule has 1 spiro atoms. The highest BCUT2D eigenvalue weighted by Crippen LogP contribution is 2.60. The van der Waals surface area contributed by atoms with Gasteiger partial charge in [-0.15, -0.1) is 0 Å². The van der Waals surface area contributed by atoms with Gasteiger partial charge in [-0.05, 0) is 63.7 Å². The van der Waals surface area contributed by atoms with Crippen molar-refractivity contribution in [2.45, 2.75) is 5.41 Å². The van der Waals surface area contributed by atoms with Crippen LogP contribution in [0, 0.1) is 0 Å². The Morgan fingerprint density at radius 3 is 1.69 bits per heavy atom. The van der Waals surface area contributed by atoms with Gasteiger partial charge >= 0.3 is 0 Å². The fraction of sp³-hybridized carbons (Fsp3) is 0.0189. The lowest BCUT2D eigenvalue weighted by Gasteiger charge is -2.27. The van der Waals surface area contributed by atoms with E-state index in [0.717, 1.165) is 72.3 Å². The van der Waals surface area contributed by atoms with E-state index in [0.29, 0.717) is 17.5 Å². The number of imidazole rings is 1. The Labute approximate surface area is 338 Å². The second kappa shape index (κ2) is 12.0. The smallest absolute Gasteiger partial charge is 0.164 e. The molecule has 0 amide bonds. The summed E-state index contributed by atoms with van der Waals surface area (Å²) in [7, 11) is 0. The minimum atomic E-state index is -0.540. The lowest BCUT2D eigenvalue weighted by Crippen LogP contribution is -2.27. The molecule has 0 N–H and O–H groups in total. The maximum absolute atomic E-state index is 6.57. The Morgan fingerprint density at radius 2 is 0.983 bits per heavy atom. The average Bonchev–Trinajstić information content (AvgIpc) is 4.04. The summed E-state index contributed by atoms with van der Waals surface area (Å²) < 4.78 is 8.99. The molecule has 2 aliphatic rings. The number of nitrogens with zero attached hydrogens (tertiary/aromatic N) is 5. The molecular formula is C53H31N5O. The van der Waals surface area contributed by atoms with Crippen LogP contribution in [0.1, 0.15) is 22.5 Å². The first kappa shape index (κ1) is 32.2. The first-order valence-electron chi connectivity index (χ1n) is 19.9. The van der Waals surface area contributed by atoms with Crippen molar-refractivity contribution in [3.63, 3.8) is 0 Å². The normalized spacial score (nSPS) is 13.2. The summed E-state index contributed by atoms with van der Waals surface area (Å²) in [6.45, 7) is 0. The fourth-order valence-electron chi connectivity index (χ4n) is 9.83. The van der Waals surface area contributed by atoms with E-state index in [9.17, 15) is 0 Å². The Balaban J connectivity index is 1.04. The number of para-hydroxylation sites is 2. The second-order valence-corrected chi connectivity index (χ2v) is 15.3. The molecule has 4 heterocycles. The van der Waals surface area contributed by atoms with E-state index in [1.165, 1.54) is 27.8 Å². The minimum absolute atomic E-state index is 0.540. The molecular weight excluding hydrogens is 723 g/mol. The predicted octanol–water partition coefficient (Wildman–Crippen LogP) is 12.5. The first-order valence-corrected chi connectivity index (χ1v) is 19.9. The van der Waals surface area contributed by atoms with Gasteiger partial charge in [-0.25, -0.2) is 19.9 Å². The number of fused-ring (bicyclic) bond motifs is 15. The highest BCUT2D eigenvalue weighted by atomic mass is 16.3. The fourth-order valence-corrected chi connectivity index (χ4v) is 9.83. The molecule has 59 heavy (non-hydrogen) atoms. The van der Waals surface area contributed by atoms with Crippen molar-refractivity contribution in [1.82, 2.24) is 24.5 Å². The van der Waals surface area contributed by atoms with E-state index in [2.05, 4.69) is 120 Å². The minimum Gasteiger partial charge on any atom is -0.456 e. The van der Waals surface area contributed by atoms with Gasteiger partial charge in [0.2, 0.25) is 0 Å². The number of furan rings is 1. The van der Waals surface area contributed by atoms with Gasteiger partial charge < -0.3 is 4.42 Å². The number of aromatic nitrogens is 5. The van der Waals surface area contributed by atoms with Crippen molar-refractivity contribution in [2.75, 3.05) is 0 Å². The summed E-state index contributed by atoms with van der Waals surface area (Å²) in [6, 6.07) is 65.8. The lowest BCUT2D eigenvalue weighted by atomic mass is 9.73. The molecule has 6 nitrogen and oxygen atoms in total. The Morgan fingerprint density at radius 1 is 0.407 bits per heavy atom. The van der Waals surface area contributed by atoms with Gasteiger partial charge in [-0.2, -0.15) is 0 Å². The van der Waals surface area contributed by atoms with E-state index < -0.39 is 5.41 Å². The van der Waals surface area contributed by atoms with Crippen LogP contribution in [0.15, 0.2) is 192 Å². The molecule has 274 valence electrons. The SMILES string of the molecule is c1ccc(-c2nc(-c3ccccc3)nc(-c3cccc4oc5ccc(-c6cccc7nc8n(c67)-c6ccccc6C86c7ccccc7-c7ccccc76)cc5c34)n2)cc1. The van der Waals surface area contributed by atoms with E-state index in [4.69, 9.17) is 24.4 Å². The van der Waals surface area contributed by atoms with Gasteiger partial charge in [0, 0.05) is 33.0 Å². The van der Waals surface area contributed by atoms with Crippen molar-refractivity contribution in [1.29, 1.82) is 0 Å². The van der Waals surface area contributed by atoms with Gasteiger partial charge in [-0.3, -0.25) is 4.57 Å². The van der Waals surface area contributed by atoms with Crippen LogP contribution in [0.25, 0.3) is 95.1 Å². The topological polar surface area (TPSA) is 69.6 Å². The van der Waals surface area contributed by atoms with E-state index in [1.54, 1.807) is 0 Å². The quantitative estimate of drug-likeness (QED) is 0.179. The third-order valence-corrected chi connectivity index (χ3v) is 12.3. The molecule has 1 aliphatic carbocycles. The van der Waals surface area contributed by atoms with Crippen LogP contribution in [0.2, 0.25) is 0 Å². The molecule has 1 aliphatic heterocycles. The number of hydrogen-bond acceptors (Lipinski definition) is 5. The van der Waals surface area contributed by atoms with E-state index in [1.807, 2.05) is 72.8 Å². The largest absolute Gasteiger partial charge is 0.456 e. The molecule has 8 aromatic carbocycles. The van der Waals surface area contributed by atoms with Crippen LogP contribution in [0.3, 0.4) is 0 Å². The second-order valence-electron chi connectivity index (χ2n) is 15.3. The number of rotatable bonds is 4. The summed E-state index contributed by atoms with van der Waals surface area (Å²) in [5.41, 5.74) is 15.4. The van der Waals surface area contributed by atoms with Gasteiger partial charge in [0.15, 0.2) is 17.5 Å². The van der Waals surface area contributed by atoms with Gasteiger partial charge in [0.1, 0.15) is 22.4 Å². The van der Waals surface area contributed by atoms with Crippen LogP contribution < -0.4 is 0 Å². The molecule has 13 rings (SSSR count). The maximum atomic E-state index is 6.57. The molecule has 0 unspecified atom stereocenters. The molecule has 0 saturated carbocycles. The summed E-state index contributed by atoms with van der Waals surface area (Å²) in [5, 5.41) is 1.95. The Bertz CT molecular complexity index is 3410.